The van der Waals surface area contributed by atoms with Crippen molar-refractivity contribution < 1.29 is 4.84 Å². The summed E-state index contributed by atoms with van der Waals surface area (Å²) in [5, 5.41) is 2.02. The zero-order valence-corrected chi connectivity index (χ0v) is 13.4. The van der Waals surface area contributed by atoms with Crippen LogP contribution in [0.4, 0.5) is 5.69 Å². The predicted molar refractivity (Wildman–Crippen MR) is 93.6 cm³/mol. The van der Waals surface area contributed by atoms with Crippen LogP contribution in [0, 0.1) is 6.92 Å². The summed E-state index contributed by atoms with van der Waals surface area (Å²) in [5.74, 6) is 0.916. The van der Waals surface area contributed by atoms with Crippen LogP contribution in [0.1, 0.15) is 23.6 Å². The van der Waals surface area contributed by atoms with E-state index in [9.17, 15) is 0 Å². The molecule has 23 heavy (non-hydrogen) atoms. The van der Waals surface area contributed by atoms with Crippen LogP contribution < -0.4 is 9.90 Å². The fraction of sp³-hybridized carbons (Fsp3) is 0.143. The molecule has 1 heterocycles. The highest BCUT2D eigenvalue weighted by Gasteiger charge is 2.45. The molecule has 3 aromatic carbocycles. The standard InChI is InChI=1S/C21H19NO/c1-16-12-14-17(15-13-16)21(2)19-10-6-7-11-20(19)23-22(21)18-8-4-3-5-9-18/h3-15H,1-2H3/t21-/m1/s1. The minimum atomic E-state index is -0.356. The first-order valence-corrected chi connectivity index (χ1v) is 7.89. The first kappa shape index (κ1) is 13.9. The topological polar surface area (TPSA) is 12.5 Å². The second kappa shape index (κ2) is 5.17. The molecule has 0 radical (unpaired) electrons. The zero-order chi connectivity index (χ0) is 15.9. The Hall–Kier alpha value is -2.74. The van der Waals surface area contributed by atoms with Crippen molar-refractivity contribution in [1.29, 1.82) is 0 Å². The lowest BCUT2D eigenvalue weighted by molar-refractivity contribution is 0.252. The second-order valence-corrected chi connectivity index (χ2v) is 6.16. The number of benzene rings is 3. The van der Waals surface area contributed by atoms with Gasteiger partial charge >= 0.3 is 0 Å². The quantitative estimate of drug-likeness (QED) is 0.655. The zero-order valence-electron chi connectivity index (χ0n) is 13.4. The normalized spacial score (nSPS) is 19.3. The van der Waals surface area contributed by atoms with Crippen molar-refractivity contribution in [2.75, 3.05) is 5.06 Å². The molecular weight excluding hydrogens is 282 g/mol. The van der Waals surface area contributed by atoms with E-state index >= 15 is 0 Å². The Morgan fingerprint density at radius 2 is 1.43 bits per heavy atom. The van der Waals surface area contributed by atoms with Crippen LogP contribution >= 0.6 is 0 Å². The van der Waals surface area contributed by atoms with Gasteiger partial charge in [0.25, 0.3) is 0 Å². The second-order valence-electron chi connectivity index (χ2n) is 6.16. The highest BCUT2D eigenvalue weighted by molar-refractivity contribution is 5.61. The minimum Gasteiger partial charge on any atom is -0.378 e. The Labute approximate surface area is 136 Å². The van der Waals surface area contributed by atoms with Crippen LogP contribution in [0.25, 0.3) is 0 Å². The number of rotatable bonds is 2. The Balaban J connectivity index is 1.92. The maximum atomic E-state index is 6.23. The monoisotopic (exact) mass is 301 g/mol. The van der Waals surface area contributed by atoms with Gasteiger partial charge in [0.2, 0.25) is 0 Å². The molecule has 114 valence electrons. The molecule has 0 spiro atoms. The van der Waals surface area contributed by atoms with E-state index in [1.165, 1.54) is 16.7 Å². The van der Waals surface area contributed by atoms with Gasteiger partial charge in [0.05, 0.1) is 5.69 Å². The first-order chi connectivity index (χ1) is 11.2. The molecule has 1 atom stereocenters. The third-order valence-corrected chi connectivity index (χ3v) is 4.61. The third-order valence-electron chi connectivity index (χ3n) is 4.61. The van der Waals surface area contributed by atoms with Crippen molar-refractivity contribution >= 4 is 5.69 Å². The Kier molecular flexibility index (Phi) is 3.12. The summed E-state index contributed by atoms with van der Waals surface area (Å²) in [4.78, 5) is 6.23. The van der Waals surface area contributed by atoms with E-state index in [1.54, 1.807) is 0 Å². The molecule has 0 aromatic heterocycles. The lowest BCUT2D eigenvalue weighted by atomic mass is 9.84. The third kappa shape index (κ3) is 2.10. The minimum absolute atomic E-state index is 0.356. The van der Waals surface area contributed by atoms with Crippen molar-refractivity contribution in [3.05, 3.63) is 95.6 Å². The number of hydrogen-bond acceptors (Lipinski definition) is 2. The van der Waals surface area contributed by atoms with Gasteiger partial charge in [-0.15, -0.1) is 0 Å². The summed E-state index contributed by atoms with van der Waals surface area (Å²) in [6.07, 6.45) is 0. The van der Waals surface area contributed by atoms with Crippen molar-refractivity contribution in [3.63, 3.8) is 0 Å². The highest BCUT2D eigenvalue weighted by Crippen LogP contribution is 2.48. The number of hydroxylamine groups is 1. The lowest BCUT2D eigenvalue weighted by Gasteiger charge is -2.35. The number of anilines is 1. The van der Waals surface area contributed by atoms with E-state index < -0.39 is 0 Å². The van der Waals surface area contributed by atoms with Gasteiger partial charge in [-0.3, -0.25) is 0 Å². The van der Waals surface area contributed by atoms with Gasteiger partial charge in [-0.25, -0.2) is 0 Å². The molecule has 0 unspecified atom stereocenters. The Morgan fingerprint density at radius 1 is 0.783 bits per heavy atom. The summed E-state index contributed by atoms with van der Waals surface area (Å²) in [6.45, 7) is 4.33. The molecule has 0 saturated heterocycles. The summed E-state index contributed by atoms with van der Waals surface area (Å²) >= 11 is 0. The molecule has 1 aliphatic heterocycles. The summed E-state index contributed by atoms with van der Waals surface area (Å²) in [6, 6.07) is 27.2. The molecule has 0 bridgehead atoms. The molecular formula is C21H19NO. The van der Waals surface area contributed by atoms with Gasteiger partial charge in [0, 0.05) is 5.56 Å². The fourth-order valence-electron chi connectivity index (χ4n) is 3.27. The van der Waals surface area contributed by atoms with Gasteiger partial charge in [-0.05, 0) is 37.6 Å². The van der Waals surface area contributed by atoms with E-state index in [2.05, 4.69) is 62.4 Å². The molecule has 0 saturated carbocycles. The smallest absolute Gasteiger partial charge is 0.161 e. The van der Waals surface area contributed by atoms with Crippen LogP contribution in [-0.4, -0.2) is 0 Å². The predicted octanol–water partition coefficient (Wildman–Crippen LogP) is 5.07. The van der Waals surface area contributed by atoms with Crippen molar-refractivity contribution in [3.8, 4) is 5.75 Å². The van der Waals surface area contributed by atoms with Crippen LogP contribution in [-0.2, 0) is 5.54 Å². The highest BCUT2D eigenvalue weighted by atomic mass is 16.7. The summed E-state index contributed by atoms with van der Waals surface area (Å²) in [7, 11) is 0. The van der Waals surface area contributed by atoms with Crippen LogP contribution in [0.2, 0.25) is 0 Å². The van der Waals surface area contributed by atoms with Gasteiger partial charge in [-0.2, -0.15) is 5.06 Å². The fourth-order valence-corrected chi connectivity index (χ4v) is 3.27. The largest absolute Gasteiger partial charge is 0.378 e. The molecule has 2 nitrogen and oxygen atoms in total. The number of aryl methyl sites for hydroxylation is 1. The van der Waals surface area contributed by atoms with E-state index in [0.717, 1.165) is 11.4 Å². The average molecular weight is 301 g/mol. The van der Waals surface area contributed by atoms with E-state index in [4.69, 9.17) is 4.84 Å². The molecule has 1 aliphatic rings. The number of para-hydroxylation sites is 2. The van der Waals surface area contributed by atoms with Gasteiger partial charge in [-0.1, -0.05) is 66.2 Å². The first-order valence-electron chi connectivity index (χ1n) is 7.89. The van der Waals surface area contributed by atoms with Crippen LogP contribution in [0.5, 0.6) is 5.75 Å². The maximum Gasteiger partial charge on any atom is 0.161 e. The molecule has 0 N–H and O–H groups in total. The maximum absolute atomic E-state index is 6.23. The van der Waals surface area contributed by atoms with Crippen molar-refractivity contribution in [1.82, 2.24) is 0 Å². The number of hydrogen-bond donors (Lipinski definition) is 0. The van der Waals surface area contributed by atoms with Crippen molar-refractivity contribution in [2.45, 2.75) is 19.4 Å². The lowest BCUT2D eigenvalue weighted by Crippen LogP contribution is -2.42. The molecule has 0 aliphatic carbocycles. The summed E-state index contributed by atoms with van der Waals surface area (Å²) in [5.41, 5.74) is 4.36. The molecule has 4 rings (SSSR count). The van der Waals surface area contributed by atoms with E-state index in [1.807, 2.05) is 35.4 Å². The van der Waals surface area contributed by atoms with E-state index in [0.29, 0.717) is 0 Å². The van der Waals surface area contributed by atoms with Crippen molar-refractivity contribution in [2.24, 2.45) is 0 Å². The Morgan fingerprint density at radius 3 is 2.17 bits per heavy atom. The van der Waals surface area contributed by atoms with E-state index in [-0.39, 0.29) is 5.54 Å². The van der Waals surface area contributed by atoms with Crippen LogP contribution in [0.15, 0.2) is 78.9 Å². The SMILES string of the molecule is Cc1ccc([C@]2(C)c3ccccc3ON2c2ccccc2)cc1. The summed E-state index contributed by atoms with van der Waals surface area (Å²) < 4.78 is 0. The van der Waals surface area contributed by atoms with Gasteiger partial charge in [0.15, 0.2) is 5.75 Å². The Bertz CT molecular complexity index is 826. The van der Waals surface area contributed by atoms with Crippen LogP contribution in [0.3, 0.4) is 0 Å². The molecule has 3 aromatic rings. The number of fused-ring (bicyclic) bond motifs is 1. The van der Waals surface area contributed by atoms with Gasteiger partial charge < -0.3 is 4.84 Å². The average Bonchev–Trinajstić information content (AvgIpc) is 2.91. The number of nitrogens with zero attached hydrogens (tertiary/aromatic N) is 1. The molecule has 0 amide bonds. The molecule has 0 fully saturated rings. The molecule has 2 heteroatoms. The van der Waals surface area contributed by atoms with Gasteiger partial charge in [0.1, 0.15) is 5.54 Å².